The van der Waals surface area contributed by atoms with Gasteiger partial charge in [-0.15, -0.1) is 0 Å². The molecule has 1 aliphatic rings. The number of piperidine rings is 1. The first-order valence-electron chi connectivity index (χ1n) is 9.72. The first kappa shape index (κ1) is 20.2. The maximum Gasteiger partial charge on any atom is 0.252 e. The number of nitrogens with zero attached hydrogens (tertiary/aromatic N) is 2. The van der Waals surface area contributed by atoms with Crippen molar-refractivity contribution in [1.29, 1.82) is 0 Å². The van der Waals surface area contributed by atoms with E-state index in [1.807, 2.05) is 12.1 Å². The maximum atomic E-state index is 12.3. The summed E-state index contributed by atoms with van der Waals surface area (Å²) in [5, 5.41) is 3.25. The van der Waals surface area contributed by atoms with Crippen LogP contribution in [0.25, 0.3) is 0 Å². The molecule has 0 aromatic heterocycles. The van der Waals surface area contributed by atoms with Crippen molar-refractivity contribution in [3.8, 4) is 0 Å². The van der Waals surface area contributed by atoms with E-state index < -0.39 is 0 Å². The molecule has 5 nitrogen and oxygen atoms in total. The Balaban J connectivity index is 1.59. The van der Waals surface area contributed by atoms with Gasteiger partial charge >= 0.3 is 0 Å². The standard InChI is InChI=1S/C22H26ClN3O2/c1-17(27)26(16-13-24-22(28)20-7-3-4-8-21(20)23)19-11-9-18(10-12-19)25-14-5-2-6-15-25/h3-4,7-12H,2,5-6,13-16H2,1H3,(H,24,28). The van der Waals surface area contributed by atoms with Gasteiger partial charge in [0.25, 0.3) is 5.91 Å². The molecule has 1 aliphatic heterocycles. The van der Waals surface area contributed by atoms with E-state index >= 15 is 0 Å². The molecule has 0 bridgehead atoms. The topological polar surface area (TPSA) is 52.7 Å². The minimum atomic E-state index is -0.241. The van der Waals surface area contributed by atoms with Gasteiger partial charge < -0.3 is 15.1 Å². The van der Waals surface area contributed by atoms with E-state index in [4.69, 9.17) is 11.6 Å². The van der Waals surface area contributed by atoms with Crippen molar-refractivity contribution in [2.24, 2.45) is 0 Å². The first-order chi connectivity index (χ1) is 13.6. The number of rotatable bonds is 6. The van der Waals surface area contributed by atoms with Gasteiger partial charge in [-0.3, -0.25) is 9.59 Å². The van der Waals surface area contributed by atoms with Gasteiger partial charge in [-0.05, 0) is 55.7 Å². The summed E-state index contributed by atoms with van der Waals surface area (Å²) in [6.07, 6.45) is 3.76. The Morgan fingerprint density at radius 1 is 1.04 bits per heavy atom. The fraction of sp³-hybridized carbons (Fsp3) is 0.364. The minimum absolute atomic E-state index is 0.0577. The minimum Gasteiger partial charge on any atom is -0.372 e. The molecule has 1 saturated heterocycles. The molecule has 28 heavy (non-hydrogen) atoms. The highest BCUT2D eigenvalue weighted by Crippen LogP contribution is 2.23. The van der Waals surface area contributed by atoms with E-state index in [1.54, 1.807) is 29.2 Å². The van der Waals surface area contributed by atoms with Crippen LogP contribution in [-0.2, 0) is 4.79 Å². The van der Waals surface area contributed by atoms with E-state index in [0.29, 0.717) is 23.7 Å². The number of amides is 2. The number of hydrogen-bond acceptors (Lipinski definition) is 3. The van der Waals surface area contributed by atoms with E-state index in [0.717, 1.165) is 18.8 Å². The highest BCUT2D eigenvalue weighted by atomic mass is 35.5. The Morgan fingerprint density at radius 3 is 2.36 bits per heavy atom. The molecule has 1 heterocycles. The van der Waals surface area contributed by atoms with Crippen LogP contribution < -0.4 is 15.1 Å². The second-order valence-electron chi connectivity index (χ2n) is 6.97. The molecule has 1 fully saturated rings. The lowest BCUT2D eigenvalue weighted by Gasteiger charge is -2.29. The van der Waals surface area contributed by atoms with Crippen LogP contribution in [-0.4, -0.2) is 38.0 Å². The summed E-state index contributed by atoms with van der Waals surface area (Å²) >= 11 is 6.06. The zero-order chi connectivity index (χ0) is 19.9. The quantitative estimate of drug-likeness (QED) is 0.795. The molecule has 2 aromatic rings. The molecule has 3 rings (SSSR count). The summed E-state index contributed by atoms with van der Waals surface area (Å²) in [5.74, 6) is -0.299. The summed E-state index contributed by atoms with van der Waals surface area (Å²) in [4.78, 5) is 28.4. The molecule has 0 atom stereocenters. The zero-order valence-corrected chi connectivity index (χ0v) is 16.9. The zero-order valence-electron chi connectivity index (χ0n) is 16.2. The van der Waals surface area contributed by atoms with Crippen LogP contribution >= 0.6 is 11.6 Å². The van der Waals surface area contributed by atoms with Crippen LogP contribution in [0, 0.1) is 0 Å². The third kappa shape index (κ3) is 5.04. The van der Waals surface area contributed by atoms with Gasteiger partial charge in [-0.2, -0.15) is 0 Å². The number of hydrogen-bond donors (Lipinski definition) is 1. The molecule has 0 aliphatic carbocycles. The molecule has 2 aromatic carbocycles. The van der Waals surface area contributed by atoms with E-state index in [9.17, 15) is 9.59 Å². The summed E-state index contributed by atoms with van der Waals surface area (Å²) in [6, 6.07) is 15.0. The largest absolute Gasteiger partial charge is 0.372 e. The Hall–Kier alpha value is -2.53. The van der Waals surface area contributed by atoms with Crippen molar-refractivity contribution in [1.82, 2.24) is 5.32 Å². The van der Waals surface area contributed by atoms with Crippen LogP contribution in [0.15, 0.2) is 48.5 Å². The molecule has 0 spiro atoms. The summed E-state index contributed by atoms with van der Waals surface area (Å²) in [5.41, 5.74) is 2.46. The Bertz CT molecular complexity index is 817. The molecular formula is C22H26ClN3O2. The van der Waals surface area contributed by atoms with Gasteiger partial charge in [-0.1, -0.05) is 23.7 Å². The van der Waals surface area contributed by atoms with Crippen LogP contribution in [0.2, 0.25) is 5.02 Å². The summed E-state index contributed by atoms with van der Waals surface area (Å²) < 4.78 is 0. The average molecular weight is 400 g/mol. The van der Waals surface area contributed by atoms with E-state index in [-0.39, 0.29) is 11.8 Å². The van der Waals surface area contributed by atoms with Crippen LogP contribution in [0.1, 0.15) is 36.5 Å². The maximum absolute atomic E-state index is 12.3. The number of halogens is 1. The molecule has 148 valence electrons. The predicted molar refractivity (Wildman–Crippen MR) is 114 cm³/mol. The lowest BCUT2D eigenvalue weighted by molar-refractivity contribution is -0.116. The van der Waals surface area contributed by atoms with Crippen molar-refractivity contribution in [2.45, 2.75) is 26.2 Å². The van der Waals surface area contributed by atoms with Crippen molar-refractivity contribution in [3.05, 3.63) is 59.1 Å². The molecule has 0 radical (unpaired) electrons. The summed E-state index contributed by atoms with van der Waals surface area (Å²) in [7, 11) is 0. The van der Waals surface area contributed by atoms with Gasteiger partial charge in [0.05, 0.1) is 10.6 Å². The van der Waals surface area contributed by atoms with E-state index in [1.165, 1.54) is 31.9 Å². The molecule has 0 unspecified atom stereocenters. The smallest absolute Gasteiger partial charge is 0.252 e. The SMILES string of the molecule is CC(=O)N(CCNC(=O)c1ccccc1Cl)c1ccc(N2CCCCC2)cc1. The van der Waals surface area contributed by atoms with Gasteiger partial charge in [-0.25, -0.2) is 0 Å². The Kier molecular flexibility index (Phi) is 6.93. The second-order valence-corrected chi connectivity index (χ2v) is 7.38. The van der Waals surface area contributed by atoms with Crippen LogP contribution in [0.4, 0.5) is 11.4 Å². The van der Waals surface area contributed by atoms with Crippen molar-refractivity contribution in [2.75, 3.05) is 36.0 Å². The number of carbonyl (C=O) groups is 2. The number of benzene rings is 2. The van der Waals surface area contributed by atoms with Crippen LogP contribution in [0.3, 0.4) is 0 Å². The second kappa shape index (κ2) is 9.60. The molecule has 1 N–H and O–H groups in total. The third-order valence-corrected chi connectivity index (χ3v) is 5.33. The molecular weight excluding hydrogens is 374 g/mol. The van der Waals surface area contributed by atoms with Gasteiger partial charge in [0, 0.05) is 44.5 Å². The monoisotopic (exact) mass is 399 g/mol. The predicted octanol–water partition coefficient (Wildman–Crippen LogP) is 4.11. The van der Waals surface area contributed by atoms with Gasteiger partial charge in [0.15, 0.2) is 0 Å². The highest BCUT2D eigenvalue weighted by molar-refractivity contribution is 6.33. The third-order valence-electron chi connectivity index (χ3n) is 5.00. The molecule has 0 saturated carbocycles. The lowest BCUT2D eigenvalue weighted by atomic mass is 10.1. The molecule has 2 amide bonds. The lowest BCUT2D eigenvalue weighted by Crippen LogP contribution is -2.37. The van der Waals surface area contributed by atoms with Gasteiger partial charge in [0.2, 0.25) is 5.91 Å². The Labute approximate surface area is 171 Å². The number of carbonyl (C=O) groups excluding carboxylic acids is 2. The number of nitrogens with one attached hydrogen (secondary N) is 1. The van der Waals surface area contributed by atoms with Crippen molar-refractivity contribution in [3.63, 3.8) is 0 Å². The highest BCUT2D eigenvalue weighted by Gasteiger charge is 2.15. The summed E-state index contributed by atoms with van der Waals surface area (Å²) in [6.45, 7) is 4.45. The molecule has 6 heteroatoms. The van der Waals surface area contributed by atoms with Crippen molar-refractivity contribution < 1.29 is 9.59 Å². The fourth-order valence-electron chi connectivity index (χ4n) is 3.49. The van der Waals surface area contributed by atoms with Gasteiger partial charge in [0.1, 0.15) is 0 Å². The van der Waals surface area contributed by atoms with Crippen molar-refractivity contribution >= 4 is 34.8 Å². The Morgan fingerprint density at radius 2 is 1.71 bits per heavy atom. The first-order valence-corrected chi connectivity index (χ1v) is 10.1. The average Bonchev–Trinajstić information content (AvgIpc) is 2.72. The van der Waals surface area contributed by atoms with E-state index in [2.05, 4.69) is 22.3 Å². The fourth-order valence-corrected chi connectivity index (χ4v) is 3.71. The van der Waals surface area contributed by atoms with Crippen LogP contribution in [0.5, 0.6) is 0 Å². The number of anilines is 2. The normalized spacial score (nSPS) is 13.9.